The largest absolute Gasteiger partial charge is 0.337 e. The highest BCUT2D eigenvalue weighted by atomic mass is 16.1. The van der Waals surface area contributed by atoms with Crippen LogP contribution in [0.3, 0.4) is 0 Å². The molecular weight excluding hydrogens is 190 g/mol. The molecule has 0 aliphatic rings. The van der Waals surface area contributed by atoms with Gasteiger partial charge in [-0.15, -0.1) is 0 Å². The van der Waals surface area contributed by atoms with E-state index in [0.717, 1.165) is 5.82 Å². The Labute approximate surface area is 90.9 Å². The zero-order chi connectivity index (χ0) is 11.4. The molecule has 0 saturated carbocycles. The van der Waals surface area contributed by atoms with E-state index in [1.165, 1.54) is 0 Å². The molecule has 1 aromatic heterocycles. The Morgan fingerprint density at radius 2 is 2.27 bits per heavy atom. The van der Waals surface area contributed by atoms with E-state index in [2.05, 4.69) is 4.98 Å². The maximum absolute atomic E-state index is 11.5. The Balaban J connectivity index is 2.46. The number of imidazole rings is 1. The summed E-state index contributed by atoms with van der Waals surface area (Å²) in [6.45, 7) is 5.06. The summed E-state index contributed by atoms with van der Waals surface area (Å²) in [5, 5.41) is 0. The van der Waals surface area contributed by atoms with Crippen molar-refractivity contribution in [3.8, 4) is 0 Å². The predicted octanol–water partition coefficient (Wildman–Crippen LogP) is 1.08. The Hall–Kier alpha value is -1.16. The molecule has 0 saturated heterocycles. The number of hydrogen-bond donors (Lipinski definition) is 0. The molecule has 0 amide bonds. The maximum atomic E-state index is 11.5. The number of nitrogens with zero attached hydrogens (tertiary/aromatic N) is 3. The first-order valence-corrected chi connectivity index (χ1v) is 5.18. The lowest BCUT2D eigenvalue weighted by molar-refractivity contribution is -0.122. The monoisotopic (exact) mass is 209 g/mol. The number of aromatic nitrogens is 2. The van der Waals surface area contributed by atoms with Gasteiger partial charge in [-0.05, 0) is 7.05 Å². The minimum absolute atomic E-state index is 0.105. The van der Waals surface area contributed by atoms with Crippen molar-refractivity contribution in [3.05, 3.63) is 18.2 Å². The quantitative estimate of drug-likeness (QED) is 0.728. The molecular formula is C11H19N3O. The van der Waals surface area contributed by atoms with E-state index < -0.39 is 0 Å². The fraction of sp³-hybridized carbons (Fsp3) is 0.636. The molecule has 0 spiro atoms. The number of Topliss-reactive ketones (excluding diaryl/α,β-unsaturated/α-hetero) is 1. The van der Waals surface area contributed by atoms with Crippen molar-refractivity contribution >= 4 is 5.78 Å². The molecule has 0 aromatic carbocycles. The number of hydrogen-bond acceptors (Lipinski definition) is 3. The third kappa shape index (κ3) is 3.47. The van der Waals surface area contributed by atoms with Crippen molar-refractivity contribution < 1.29 is 4.79 Å². The first-order chi connectivity index (χ1) is 7.00. The summed E-state index contributed by atoms with van der Waals surface area (Å²) in [5.41, 5.74) is 0. The SMILES string of the molecule is CC(C)C(=O)CN(C)Cc1nccn1C. The van der Waals surface area contributed by atoms with E-state index in [9.17, 15) is 4.79 Å². The van der Waals surface area contributed by atoms with Crippen LogP contribution in [0.2, 0.25) is 0 Å². The van der Waals surface area contributed by atoms with Gasteiger partial charge in [0.2, 0.25) is 0 Å². The fourth-order valence-corrected chi connectivity index (χ4v) is 1.29. The number of likely N-dealkylation sites (N-methyl/N-ethyl adjacent to an activating group) is 1. The molecule has 84 valence electrons. The van der Waals surface area contributed by atoms with Gasteiger partial charge in [-0.1, -0.05) is 13.8 Å². The van der Waals surface area contributed by atoms with Gasteiger partial charge in [-0.25, -0.2) is 4.98 Å². The summed E-state index contributed by atoms with van der Waals surface area (Å²) in [5.74, 6) is 1.36. The summed E-state index contributed by atoms with van der Waals surface area (Å²) in [4.78, 5) is 17.7. The van der Waals surface area contributed by atoms with Crippen LogP contribution < -0.4 is 0 Å². The van der Waals surface area contributed by atoms with E-state index >= 15 is 0 Å². The van der Waals surface area contributed by atoms with Crippen LogP contribution in [0.4, 0.5) is 0 Å². The molecule has 1 aromatic rings. The van der Waals surface area contributed by atoms with E-state index in [-0.39, 0.29) is 11.7 Å². The van der Waals surface area contributed by atoms with Gasteiger partial charge in [-0.3, -0.25) is 9.69 Å². The molecule has 1 rings (SSSR count). The van der Waals surface area contributed by atoms with Crippen LogP contribution in [-0.2, 0) is 18.4 Å². The van der Waals surface area contributed by atoms with Crippen LogP contribution in [-0.4, -0.2) is 33.8 Å². The maximum Gasteiger partial charge on any atom is 0.149 e. The zero-order valence-electron chi connectivity index (χ0n) is 9.90. The van der Waals surface area contributed by atoms with Gasteiger partial charge >= 0.3 is 0 Å². The van der Waals surface area contributed by atoms with E-state index in [4.69, 9.17) is 0 Å². The minimum Gasteiger partial charge on any atom is -0.337 e. The number of aryl methyl sites for hydroxylation is 1. The first-order valence-electron chi connectivity index (χ1n) is 5.18. The molecule has 0 radical (unpaired) electrons. The Morgan fingerprint density at radius 1 is 1.60 bits per heavy atom. The van der Waals surface area contributed by atoms with Crippen molar-refractivity contribution in [2.24, 2.45) is 13.0 Å². The number of carbonyl (C=O) groups excluding carboxylic acids is 1. The Morgan fingerprint density at radius 3 is 2.73 bits per heavy atom. The molecule has 15 heavy (non-hydrogen) atoms. The second-order valence-electron chi connectivity index (χ2n) is 4.25. The molecule has 0 aliphatic carbocycles. The molecule has 0 bridgehead atoms. The molecule has 1 heterocycles. The highest BCUT2D eigenvalue weighted by Gasteiger charge is 2.11. The average Bonchev–Trinajstić information content (AvgIpc) is 2.51. The minimum atomic E-state index is 0.105. The molecule has 4 heteroatoms. The fourth-order valence-electron chi connectivity index (χ4n) is 1.29. The lowest BCUT2D eigenvalue weighted by Crippen LogP contribution is -2.29. The lowest BCUT2D eigenvalue weighted by Gasteiger charge is -2.16. The van der Waals surface area contributed by atoms with Crippen molar-refractivity contribution in [1.29, 1.82) is 0 Å². The van der Waals surface area contributed by atoms with E-state index in [1.54, 1.807) is 6.20 Å². The van der Waals surface area contributed by atoms with Crippen LogP contribution in [0.1, 0.15) is 19.7 Å². The van der Waals surface area contributed by atoms with E-state index in [0.29, 0.717) is 13.1 Å². The first kappa shape index (κ1) is 11.9. The summed E-state index contributed by atoms with van der Waals surface area (Å²) in [7, 11) is 3.90. The van der Waals surface area contributed by atoms with Gasteiger partial charge < -0.3 is 4.57 Å². The zero-order valence-corrected chi connectivity index (χ0v) is 9.90. The molecule has 0 aliphatic heterocycles. The molecule has 0 fully saturated rings. The lowest BCUT2D eigenvalue weighted by atomic mass is 10.1. The standard InChI is InChI=1S/C11H19N3O/c1-9(2)10(15)7-13(3)8-11-12-5-6-14(11)4/h5-6,9H,7-8H2,1-4H3. The highest BCUT2D eigenvalue weighted by molar-refractivity contribution is 5.82. The summed E-state index contributed by atoms with van der Waals surface area (Å²) in [6.07, 6.45) is 3.68. The summed E-state index contributed by atoms with van der Waals surface area (Å²) in [6, 6.07) is 0. The van der Waals surface area contributed by atoms with Gasteiger partial charge in [0, 0.05) is 25.4 Å². The van der Waals surface area contributed by atoms with Crippen LogP contribution in [0.25, 0.3) is 0 Å². The number of rotatable bonds is 5. The van der Waals surface area contributed by atoms with Crippen LogP contribution >= 0.6 is 0 Å². The van der Waals surface area contributed by atoms with Crippen LogP contribution in [0.15, 0.2) is 12.4 Å². The smallest absolute Gasteiger partial charge is 0.149 e. The molecule has 0 unspecified atom stereocenters. The second-order valence-corrected chi connectivity index (χ2v) is 4.25. The summed E-state index contributed by atoms with van der Waals surface area (Å²) < 4.78 is 1.97. The third-order valence-corrected chi connectivity index (χ3v) is 2.40. The van der Waals surface area contributed by atoms with Crippen molar-refractivity contribution in [2.75, 3.05) is 13.6 Å². The third-order valence-electron chi connectivity index (χ3n) is 2.40. The normalized spacial score (nSPS) is 11.3. The van der Waals surface area contributed by atoms with Gasteiger partial charge in [0.05, 0.1) is 13.1 Å². The van der Waals surface area contributed by atoms with Crippen LogP contribution in [0.5, 0.6) is 0 Å². The van der Waals surface area contributed by atoms with E-state index in [1.807, 2.05) is 43.6 Å². The van der Waals surface area contributed by atoms with Gasteiger partial charge in [0.1, 0.15) is 11.6 Å². The number of ketones is 1. The Kier molecular flexibility index (Phi) is 4.03. The van der Waals surface area contributed by atoms with Gasteiger partial charge in [0.25, 0.3) is 0 Å². The van der Waals surface area contributed by atoms with Crippen molar-refractivity contribution in [3.63, 3.8) is 0 Å². The Bertz CT molecular complexity index is 330. The summed E-state index contributed by atoms with van der Waals surface area (Å²) >= 11 is 0. The molecule has 0 atom stereocenters. The highest BCUT2D eigenvalue weighted by Crippen LogP contribution is 2.01. The van der Waals surface area contributed by atoms with Crippen molar-refractivity contribution in [1.82, 2.24) is 14.5 Å². The second kappa shape index (κ2) is 5.07. The average molecular weight is 209 g/mol. The number of carbonyl (C=O) groups is 1. The predicted molar refractivity (Wildman–Crippen MR) is 59.4 cm³/mol. The molecule has 4 nitrogen and oxygen atoms in total. The van der Waals surface area contributed by atoms with Crippen molar-refractivity contribution in [2.45, 2.75) is 20.4 Å². The topological polar surface area (TPSA) is 38.1 Å². The molecule has 0 N–H and O–H groups in total. The van der Waals surface area contributed by atoms with Gasteiger partial charge in [0.15, 0.2) is 0 Å². The van der Waals surface area contributed by atoms with Crippen LogP contribution in [0, 0.1) is 5.92 Å². The van der Waals surface area contributed by atoms with Gasteiger partial charge in [-0.2, -0.15) is 0 Å².